The van der Waals surface area contributed by atoms with Crippen molar-refractivity contribution in [3.05, 3.63) is 88.9 Å². The number of halogens is 1. The van der Waals surface area contributed by atoms with E-state index in [9.17, 15) is 4.79 Å². The fourth-order valence-corrected chi connectivity index (χ4v) is 2.55. The average Bonchev–Trinajstić information content (AvgIpc) is 2.69. The molecule has 0 aliphatic heterocycles. The van der Waals surface area contributed by atoms with Crippen molar-refractivity contribution in [1.82, 2.24) is 5.43 Å². The monoisotopic (exact) mass is 408 g/mol. The maximum absolute atomic E-state index is 11.8. The van der Waals surface area contributed by atoms with Crippen LogP contribution in [0.2, 0.25) is 0 Å². The van der Waals surface area contributed by atoms with Crippen LogP contribution in [0.5, 0.6) is 5.75 Å². The Kier molecular flexibility index (Phi) is 6.17. The number of amides is 1. The lowest BCUT2D eigenvalue weighted by Crippen LogP contribution is -2.24. The highest BCUT2D eigenvalue weighted by molar-refractivity contribution is 9.10. The lowest BCUT2D eigenvalue weighted by Gasteiger charge is -2.06. The summed E-state index contributed by atoms with van der Waals surface area (Å²) in [6, 6.07) is 25.3. The van der Waals surface area contributed by atoms with E-state index in [1.807, 2.05) is 78.9 Å². The minimum atomic E-state index is -0.314. The Morgan fingerprint density at radius 2 is 1.58 bits per heavy atom. The fraction of sp³-hybridized carbons (Fsp3) is 0.0476. The highest BCUT2D eigenvalue weighted by Gasteiger charge is 2.02. The van der Waals surface area contributed by atoms with E-state index in [2.05, 4.69) is 26.5 Å². The Labute approximate surface area is 160 Å². The highest BCUT2D eigenvalue weighted by atomic mass is 79.9. The Morgan fingerprint density at radius 1 is 0.923 bits per heavy atom. The van der Waals surface area contributed by atoms with Crippen LogP contribution < -0.4 is 10.2 Å². The van der Waals surface area contributed by atoms with Crippen molar-refractivity contribution in [2.24, 2.45) is 5.10 Å². The molecule has 0 saturated carbocycles. The summed E-state index contributed by atoms with van der Waals surface area (Å²) in [5, 5.41) is 3.92. The van der Waals surface area contributed by atoms with E-state index in [-0.39, 0.29) is 12.5 Å². The van der Waals surface area contributed by atoms with E-state index in [1.54, 1.807) is 6.21 Å². The normalized spacial score (nSPS) is 10.7. The Balaban J connectivity index is 1.47. The average molecular weight is 409 g/mol. The van der Waals surface area contributed by atoms with Gasteiger partial charge in [0.05, 0.1) is 6.21 Å². The predicted octanol–water partition coefficient (Wildman–Crippen LogP) is 4.65. The molecule has 0 heterocycles. The molecular weight excluding hydrogens is 392 g/mol. The van der Waals surface area contributed by atoms with E-state index in [0.717, 1.165) is 21.2 Å². The molecule has 0 bridgehead atoms. The second-order valence-corrected chi connectivity index (χ2v) is 6.44. The molecular formula is C21H17BrN2O2. The zero-order chi connectivity index (χ0) is 18.2. The number of hydrazone groups is 1. The van der Waals surface area contributed by atoms with E-state index < -0.39 is 0 Å². The van der Waals surface area contributed by atoms with Gasteiger partial charge in [-0.15, -0.1) is 0 Å². The van der Waals surface area contributed by atoms with Gasteiger partial charge in [-0.05, 0) is 41.0 Å². The van der Waals surface area contributed by atoms with Crippen LogP contribution in [-0.2, 0) is 4.79 Å². The molecule has 3 aromatic carbocycles. The molecule has 3 rings (SSSR count). The number of hydrogen-bond donors (Lipinski definition) is 1. The highest BCUT2D eigenvalue weighted by Crippen LogP contribution is 2.21. The molecule has 0 atom stereocenters. The summed E-state index contributed by atoms with van der Waals surface area (Å²) in [7, 11) is 0. The van der Waals surface area contributed by atoms with Crippen molar-refractivity contribution in [3.8, 4) is 16.9 Å². The first-order valence-electron chi connectivity index (χ1n) is 8.06. The van der Waals surface area contributed by atoms with Gasteiger partial charge in [0.1, 0.15) is 5.75 Å². The molecule has 26 heavy (non-hydrogen) atoms. The first-order chi connectivity index (χ1) is 12.7. The molecule has 0 aromatic heterocycles. The van der Waals surface area contributed by atoms with Gasteiger partial charge in [0, 0.05) is 4.47 Å². The number of benzene rings is 3. The third-order valence-electron chi connectivity index (χ3n) is 3.60. The lowest BCUT2D eigenvalue weighted by molar-refractivity contribution is -0.123. The summed E-state index contributed by atoms with van der Waals surface area (Å²) < 4.78 is 6.48. The maximum atomic E-state index is 11.8. The van der Waals surface area contributed by atoms with Gasteiger partial charge in [0.15, 0.2) is 6.61 Å². The van der Waals surface area contributed by atoms with E-state index >= 15 is 0 Å². The van der Waals surface area contributed by atoms with Gasteiger partial charge in [0.25, 0.3) is 5.91 Å². The molecule has 130 valence electrons. The summed E-state index contributed by atoms with van der Waals surface area (Å²) in [6.45, 7) is -0.0949. The summed E-state index contributed by atoms with van der Waals surface area (Å²) in [6.07, 6.45) is 1.58. The predicted molar refractivity (Wildman–Crippen MR) is 107 cm³/mol. The van der Waals surface area contributed by atoms with Gasteiger partial charge in [-0.3, -0.25) is 4.79 Å². The molecule has 4 nitrogen and oxygen atoms in total. The SMILES string of the molecule is O=C(COc1ccc(-c2ccccc2)cc1)NN=Cc1ccc(Br)cc1. The summed E-state index contributed by atoms with van der Waals surface area (Å²) >= 11 is 3.37. The minimum absolute atomic E-state index is 0.0949. The summed E-state index contributed by atoms with van der Waals surface area (Å²) in [5.41, 5.74) is 5.58. The van der Waals surface area contributed by atoms with Gasteiger partial charge in [0.2, 0.25) is 0 Å². The second kappa shape index (κ2) is 8.97. The lowest BCUT2D eigenvalue weighted by atomic mass is 10.1. The summed E-state index contributed by atoms with van der Waals surface area (Å²) in [5.74, 6) is 0.321. The van der Waals surface area contributed by atoms with Crippen LogP contribution in [0.15, 0.2) is 88.4 Å². The topological polar surface area (TPSA) is 50.7 Å². The fourth-order valence-electron chi connectivity index (χ4n) is 2.28. The Hall–Kier alpha value is -2.92. The van der Waals surface area contributed by atoms with Crippen molar-refractivity contribution < 1.29 is 9.53 Å². The Morgan fingerprint density at radius 3 is 2.27 bits per heavy atom. The van der Waals surface area contributed by atoms with Crippen molar-refractivity contribution in [2.75, 3.05) is 6.61 Å². The van der Waals surface area contributed by atoms with Crippen LogP contribution in [0.4, 0.5) is 0 Å². The van der Waals surface area contributed by atoms with Gasteiger partial charge in [-0.2, -0.15) is 5.10 Å². The molecule has 0 radical (unpaired) electrons. The number of ether oxygens (including phenoxy) is 1. The summed E-state index contributed by atoms with van der Waals surface area (Å²) in [4.78, 5) is 11.8. The molecule has 0 saturated heterocycles. The number of carbonyl (C=O) groups is 1. The van der Waals surface area contributed by atoms with Crippen molar-refractivity contribution in [1.29, 1.82) is 0 Å². The number of hydrogen-bond acceptors (Lipinski definition) is 3. The Bertz CT molecular complexity index is 876. The van der Waals surface area contributed by atoms with Crippen molar-refractivity contribution in [2.45, 2.75) is 0 Å². The van der Waals surface area contributed by atoms with Crippen molar-refractivity contribution >= 4 is 28.1 Å². The molecule has 0 aliphatic rings. The number of carbonyl (C=O) groups excluding carboxylic acids is 1. The van der Waals surface area contributed by atoms with Crippen LogP contribution in [0.25, 0.3) is 11.1 Å². The molecule has 1 amide bonds. The second-order valence-electron chi connectivity index (χ2n) is 5.52. The smallest absolute Gasteiger partial charge is 0.277 e. The van der Waals surface area contributed by atoms with Gasteiger partial charge < -0.3 is 4.74 Å². The van der Waals surface area contributed by atoms with Crippen molar-refractivity contribution in [3.63, 3.8) is 0 Å². The largest absolute Gasteiger partial charge is 0.484 e. The molecule has 0 aliphatic carbocycles. The molecule has 0 fully saturated rings. The molecule has 3 aromatic rings. The zero-order valence-electron chi connectivity index (χ0n) is 13.9. The minimum Gasteiger partial charge on any atom is -0.484 e. The van der Waals surface area contributed by atoms with Gasteiger partial charge in [-0.1, -0.05) is 70.5 Å². The number of nitrogens with zero attached hydrogens (tertiary/aromatic N) is 1. The molecule has 0 unspecified atom stereocenters. The van der Waals surface area contributed by atoms with Crippen LogP contribution in [0, 0.1) is 0 Å². The molecule has 5 heteroatoms. The molecule has 1 N–H and O–H groups in total. The van der Waals surface area contributed by atoms with E-state index in [4.69, 9.17) is 4.74 Å². The van der Waals surface area contributed by atoms with Crippen LogP contribution in [-0.4, -0.2) is 18.7 Å². The third kappa shape index (κ3) is 5.29. The number of rotatable bonds is 6. The quantitative estimate of drug-likeness (QED) is 0.476. The van der Waals surface area contributed by atoms with E-state index in [1.165, 1.54) is 0 Å². The first-order valence-corrected chi connectivity index (χ1v) is 8.86. The standard InChI is InChI=1S/C21H17BrN2O2/c22-19-10-6-16(7-11-19)14-23-24-21(25)15-26-20-12-8-18(9-13-20)17-4-2-1-3-5-17/h1-14H,15H2,(H,24,25). The zero-order valence-corrected chi connectivity index (χ0v) is 15.5. The van der Waals surface area contributed by atoms with Gasteiger partial charge >= 0.3 is 0 Å². The third-order valence-corrected chi connectivity index (χ3v) is 4.13. The number of nitrogens with one attached hydrogen (secondary N) is 1. The van der Waals surface area contributed by atoms with Crippen LogP contribution in [0.1, 0.15) is 5.56 Å². The van der Waals surface area contributed by atoms with Crippen LogP contribution in [0.3, 0.4) is 0 Å². The van der Waals surface area contributed by atoms with E-state index in [0.29, 0.717) is 5.75 Å². The first kappa shape index (κ1) is 17.9. The van der Waals surface area contributed by atoms with Crippen LogP contribution >= 0.6 is 15.9 Å². The molecule has 0 spiro atoms. The maximum Gasteiger partial charge on any atom is 0.277 e. The van der Waals surface area contributed by atoms with Gasteiger partial charge in [-0.25, -0.2) is 5.43 Å².